The van der Waals surface area contributed by atoms with Gasteiger partial charge in [-0.05, 0) is 12.5 Å². The summed E-state index contributed by atoms with van der Waals surface area (Å²) in [5.74, 6) is -7.01. The second-order valence-corrected chi connectivity index (χ2v) is 3.37. The van der Waals surface area contributed by atoms with E-state index < -0.39 is 34.7 Å². The molecule has 1 N–H and O–H groups in total. The van der Waals surface area contributed by atoms with Gasteiger partial charge < -0.3 is 9.84 Å². The Labute approximate surface area is 95.8 Å². The van der Waals surface area contributed by atoms with Gasteiger partial charge in [0.1, 0.15) is 5.56 Å². The number of hydrogen-bond acceptors (Lipinski definition) is 2. The number of benzene rings is 1. The summed E-state index contributed by atoms with van der Waals surface area (Å²) in [4.78, 5) is 10.6. The molecule has 0 amide bonds. The number of unbranched alkanes of at least 4 members (excludes halogenated alkanes) is 1. The van der Waals surface area contributed by atoms with Gasteiger partial charge in [-0.1, -0.05) is 13.3 Å². The Morgan fingerprint density at radius 1 is 1.35 bits per heavy atom. The van der Waals surface area contributed by atoms with E-state index in [2.05, 4.69) is 0 Å². The Morgan fingerprint density at radius 2 is 2.00 bits per heavy atom. The van der Waals surface area contributed by atoms with E-state index in [1.807, 2.05) is 6.92 Å². The van der Waals surface area contributed by atoms with Crippen LogP contribution in [0, 0.1) is 17.5 Å². The molecule has 0 atom stereocenters. The molecule has 17 heavy (non-hydrogen) atoms. The number of carboxylic acid groups (broad SMARTS) is 1. The van der Waals surface area contributed by atoms with Crippen molar-refractivity contribution in [2.45, 2.75) is 19.8 Å². The van der Waals surface area contributed by atoms with Crippen LogP contribution in [-0.4, -0.2) is 17.7 Å². The van der Waals surface area contributed by atoms with Gasteiger partial charge in [-0.15, -0.1) is 0 Å². The first-order valence-corrected chi connectivity index (χ1v) is 5.02. The maximum Gasteiger partial charge on any atom is 0.338 e. The second kappa shape index (κ2) is 5.56. The SMILES string of the molecule is CCCCOc1c(F)c(F)cc(C(=O)O)c1F. The van der Waals surface area contributed by atoms with Crippen LogP contribution >= 0.6 is 0 Å². The zero-order valence-electron chi connectivity index (χ0n) is 9.10. The van der Waals surface area contributed by atoms with Gasteiger partial charge in [-0.3, -0.25) is 0 Å². The van der Waals surface area contributed by atoms with Crippen LogP contribution in [0.4, 0.5) is 13.2 Å². The molecule has 1 aromatic carbocycles. The van der Waals surface area contributed by atoms with Crippen LogP contribution in [0.1, 0.15) is 30.1 Å². The van der Waals surface area contributed by atoms with Crippen molar-refractivity contribution >= 4 is 5.97 Å². The number of carboxylic acids is 1. The lowest BCUT2D eigenvalue weighted by atomic mass is 10.2. The zero-order valence-corrected chi connectivity index (χ0v) is 9.10. The van der Waals surface area contributed by atoms with Crippen molar-refractivity contribution in [2.24, 2.45) is 0 Å². The molecule has 0 heterocycles. The molecule has 0 saturated carbocycles. The maximum absolute atomic E-state index is 13.5. The van der Waals surface area contributed by atoms with Crippen LogP contribution < -0.4 is 4.74 Å². The highest BCUT2D eigenvalue weighted by atomic mass is 19.2. The molecule has 0 spiro atoms. The first-order valence-electron chi connectivity index (χ1n) is 5.02. The summed E-state index contributed by atoms with van der Waals surface area (Å²) in [6.07, 6.45) is 1.25. The van der Waals surface area contributed by atoms with Crippen LogP contribution in [0.15, 0.2) is 6.07 Å². The van der Waals surface area contributed by atoms with Gasteiger partial charge in [0.2, 0.25) is 5.82 Å². The van der Waals surface area contributed by atoms with Gasteiger partial charge in [0.25, 0.3) is 0 Å². The molecule has 0 aliphatic rings. The van der Waals surface area contributed by atoms with Crippen LogP contribution in [0.5, 0.6) is 5.75 Å². The third-order valence-corrected chi connectivity index (χ3v) is 2.09. The topological polar surface area (TPSA) is 46.5 Å². The summed E-state index contributed by atoms with van der Waals surface area (Å²) in [6, 6.07) is 0.291. The smallest absolute Gasteiger partial charge is 0.338 e. The first kappa shape index (κ1) is 13.3. The van der Waals surface area contributed by atoms with Crippen LogP contribution in [0.3, 0.4) is 0 Å². The minimum atomic E-state index is -1.68. The maximum atomic E-state index is 13.5. The molecule has 3 nitrogen and oxygen atoms in total. The molecule has 0 fully saturated rings. The Kier molecular flexibility index (Phi) is 4.37. The molecule has 94 valence electrons. The van der Waals surface area contributed by atoms with E-state index in [4.69, 9.17) is 9.84 Å². The van der Waals surface area contributed by atoms with E-state index in [1.165, 1.54) is 0 Å². The Hall–Kier alpha value is -1.72. The first-order chi connectivity index (χ1) is 7.99. The highest BCUT2D eigenvalue weighted by molar-refractivity contribution is 5.88. The van der Waals surface area contributed by atoms with E-state index in [0.717, 1.165) is 6.42 Å². The van der Waals surface area contributed by atoms with Gasteiger partial charge in [-0.2, -0.15) is 4.39 Å². The molecule has 0 bridgehead atoms. The summed E-state index contributed by atoms with van der Waals surface area (Å²) in [5, 5.41) is 8.59. The quantitative estimate of drug-likeness (QED) is 0.643. The molecule has 6 heteroatoms. The largest absolute Gasteiger partial charge is 0.488 e. The molecule has 0 aliphatic carbocycles. The fourth-order valence-electron chi connectivity index (χ4n) is 1.18. The van der Waals surface area contributed by atoms with Gasteiger partial charge in [0, 0.05) is 0 Å². The summed E-state index contributed by atoms with van der Waals surface area (Å²) < 4.78 is 44.4. The number of rotatable bonds is 5. The lowest BCUT2D eigenvalue weighted by Gasteiger charge is -2.09. The van der Waals surface area contributed by atoms with Crippen molar-refractivity contribution in [1.29, 1.82) is 0 Å². The minimum absolute atomic E-state index is 0.00709. The predicted octanol–water partition coefficient (Wildman–Crippen LogP) is 2.98. The zero-order chi connectivity index (χ0) is 13.0. The number of ether oxygens (including phenoxy) is 1. The molecule has 0 aromatic heterocycles. The molecule has 0 aliphatic heterocycles. The molecular weight excluding hydrogens is 237 g/mol. The second-order valence-electron chi connectivity index (χ2n) is 3.37. The van der Waals surface area contributed by atoms with Crippen LogP contribution in [0.25, 0.3) is 0 Å². The molecule has 1 aromatic rings. The van der Waals surface area contributed by atoms with Crippen molar-refractivity contribution in [1.82, 2.24) is 0 Å². The normalized spacial score (nSPS) is 10.4. The average molecular weight is 248 g/mol. The van der Waals surface area contributed by atoms with Crippen molar-refractivity contribution in [3.63, 3.8) is 0 Å². The van der Waals surface area contributed by atoms with E-state index >= 15 is 0 Å². The van der Waals surface area contributed by atoms with Gasteiger partial charge in [-0.25, -0.2) is 13.6 Å². The number of halogens is 3. The molecular formula is C11H11F3O3. The van der Waals surface area contributed by atoms with Gasteiger partial charge >= 0.3 is 5.97 Å². The number of hydrogen-bond donors (Lipinski definition) is 1. The summed E-state index contributed by atoms with van der Waals surface area (Å²) in [6.45, 7) is 1.83. The van der Waals surface area contributed by atoms with E-state index in [1.54, 1.807) is 0 Å². The Morgan fingerprint density at radius 3 is 2.53 bits per heavy atom. The molecule has 0 radical (unpaired) electrons. The minimum Gasteiger partial charge on any atom is -0.488 e. The van der Waals surface area contributed by atoms with Gasteiger partial charge in [0.15, 0.2) is 17.4 Å². The number of carbonyl (C=O) groups is 1. The summed E-state index contributed by atoms with van der Waals surface area (Å²) in [7, 11) is 0. The van der Waals surface area contributed by atoms with Crippen molar-refractivity contribution < 1.29 is 27.8 Å². The van der Waals surface area contributed by atoms with Crippen molar-refractivity contribution in [2.75, 3.05) is 6.61 Å². The fourth-order valence-corrected chi connectivity index (χ4v) is 1.18. The van der Waals surface area contributed by atoms with Crippen molar-refractivity contribution in [3.05, 3.63) is 29.1 Å². The van der Waals surface area contributed by atoms with E-state index in [0.29, 0.717) is 12.5 Å². The predicted molar refractivity (Wildman–Crippen MR) is 53.7 cm³/mol. The molecule has 0 unspecified atom stereocenters. The Bertz CT molecular complexity index is 432. The number of aromatic carboxylic acids is 1. The van der Waals surface area contributed by atoms with E-state index in [-0.39, 0.29) is 6.61 Å². The van der Waals surface area contributed by atoms with Crippen LogP contribution in [0.2, 0.25) is 0 Å². The summed E-state index contributed by atoms with van der Waals surface area (Å²) in [5.41, 5.74) is -0.949. The Balaban J connectivity index is 3.13. The van der Waals surface area contributed by atoms with E-state index in [9.17, 15) is 18.0 Å². The highest BCUT2D eigenvalue weighted by Gasteiger charge is 2.23. The van der Waals surface area contributed by atoms with Gasteiger partial charge in [0.05, 0.1) is 6.61 Å². The highest BCUT2D eigenvalue weighted by Crippen LogP contribution is 2.27. The standard InChI is InChI=1S/C11H11F3O3/c1-2-3-4-17-10-8(13)6(11(15)16)5-7(12)9(10)14/h5H,2-4H2,1H3,(H,15,16). The van der Waals surface area contributed by atoms with Crippen molar-refractivity contribution in [3.8, 4) is 5.75 Å². The summed E-state index contributed by atoms with van der Waals surface area (Å²) >= 11 is 0. The average Bonchev–Trinajstić information content (AvgIpc) is 2.28. The fraction of sp³-hybridized carbons (Fsp3) is 0.364. The monoisotopic (exact) mass is 248 g/mol. The lowest BCUT2D eigenvalue weighted by Crippen LogP contribution is -2.09. The lowest BCUT2D eigenvalue weighted by molar-refractivity contribution is 0.0689. The molecule has 1 rings (SSSR count). The third-order valence-electron chi connectivity index (χ3n) is 2.09. The molecule has 0 saturated heterocycles. The third kappa shape index (κ3) is 2.89. The van der Waals surface area contributed by atoms with Crippen LogP contribution in [-0.2, 0) is 0 Å².